The van der Waals surface area contributed by atoms with Crippen molar-refractivity contribution in [2.75, 3.05) is 16.9 Å². The van der Waals surface area contributed by atoms with Gasteiger partial charge in [0.15, 0.2) is 0 Å². The van der Waals surface area contributed by atoms with Gasteiger partial charge in [0.2, 0.25) is 6.41 Å². The van der Waals surface area contributed by atoms with Gasteiger partial charge < -0.3 is 4.74 Å². The Balaban J connectivity index is 2.98. The third-order valence-electron chi connectivity index (χ3n) is 2.45. The Morgan fingerprint density at radius 1 is 1.45 bits per heavy atom. The van der Waals surface area contributed by atoms with E-state index in [-0.39, 0.29) is 0 Å². The first kappa shape index (κ1) is 16.6. The molecule has 20 heavy (non-hydrogen) atoms. The summed E-state index contributed by atoms with van der Waals surface area (Å²) >= 11 is 1.49. The molecule has 1 radical (unpaired) electrons. The molecule has 109 valence electrons. The number of hydrogen-bond acceptors (Lipinski definition) is 4. The van der Waals surface area contributed by atoms with Gasteiger partial charge in [0, 0.05) is 11.4 Å². The first-order chi connectivity index (χ1) is 9.39. The normalized spacial score (nSPS) is 12.6. The van der Waals surface area contributed by atoms with Gasteiger partial charge in [-0.3, -0.25) is 9.69 Å². The number of amides is 1. The van der Waals surface area contributed by atoms with Crippen LogP contribution in [0.15, 0.2) is 24.3 Å². The maximum atomic E-state index is 12.3. The third-order valence-corrected chi connectivity index (χ3v) is 3.10. The van der Waals surface area contributed by atoms with Gasteiger partial charge >= 0.3 is 5.97 Å². The zero-order valence-electron chi connectivity index (χ0n) is 12.3. The maximum Gasteiger partial charge on any atom is 0.330 e. The van der Waals surface area contributed by atoms with Crippen molar-refractivity contribution in [3.63, 3.8) is 0 Å². The number of hydrogen-bond donors (Lipinski definition) is 0. The average Bonchev–Trinajstić information content (AvgIpc) is 2.38. The first-order valence-electron chi connectivity index (χ1n) is 6.30. The van der Waals surface area contributed by atoms with Crippen LogP contribution in [0, 0.1) is 6.07 Å². The number of benzene rings is 1. The van der Waals surface area contributed by atoms with Gasteiger partial charge in [-0.2, -0.15) is 11.8 Å². The van der Waals surface area contributed by atoms with Crippen LogP contribution in [0.4, 0.5) is 5.69 Å². The molecule has 1 rings (SSSR count). The van der Waals surface area contributed by atoms with Gasteiger partial charge in [-0.1, -0.05) is 12.1 Å². The van der Waals surface area contributed by atoms with Crippen LogP contribution in [0.25, 0.3) is 0 Å². The summed E-state index contributed by atoms with van der Waals surface area (Å²) in [4.78, 5) is 25.1. The monoisotopic (exact) mass is 294 g/mol. The minimum Gasteiger partial charge on any atom is -0.458 e. The van der Waals surface area contributed by atoms with Gasteiger partial charge in [-0.05, 0) is 45.2 Å². The lowest BCUT2D eigenvalue weighted by molar-refractivity contribution is -0.156. The number of thioether (sulfide) groups is 1. The summed E-state index contributed by atoms with van der Waals surface area (Å²) in [5.74, 6) is 0.0819. The Bertz CT molecular complexity index is 442. The van der Waals surface area contributed by atoms with Gasteiger partial charge in [-0.15, -0.1) is 0 Å². The van der Waals surface area contributed by atoms with Gasteiger partial charge in [0.25, 0.3) is 0 Å². The zero-order chi connectivity index (χ0) is 15.2. The van der Waals surface area contributed by atoms with Crippen molar-refractivity contribution in [3.8, 4) is 0 Å². The zero-order valence-corrected chi connectivity index (χ0v) is 13.1. The van der Waals surface area contributed by atoms with Crippen LogP contribution in [-0.2, 0) is 14.3 Å². The SMILES string of the molecule is CSCC(C(=O)OC(C)(C)C)N(C=O)c1cc[c]cc1. The number of carbonyl (C=O) groups is 2. The highest BCUT2D eigenvalue weighted by Gasteiger charge is 2.30. The molecule has 1 aromatic rings. The molecule has 1 unspecified atom stereocenters. The summed E-state index contributed by atoms with van der Waals surface area (Å²) in [6.45, 7) is 5.43. The van der Waals surface area contributed by atoms with E-state index < -0.39 is 17.6 Å². The number of rotatable bonds is 6. The number of anilines is 1. The van der Waals surface area contributed by atoms with Crippen molar-refractivity contribution in [1.29, 1.82) is 0 Å². The Kier molecular flexibility index (Phi) is 6.07. The van der Waals surface area contributed by atoms with Crippen LogP contribution < -0.4 is 4.90 Å². The lowest BCUT2D eigenvalue weighted by Crippen LogP contribution is -2.45. The fourth-order valence-electron chi connectivity index (χ4n) is 1.65. The van der Waals surface area contributed by atoms with E-state index in [1.165, 1.54) is 16.7 Å². The third kappa shape index (κ3) is 4.89. The van der Waals surface area contributed by atoms with Crippen molar-refractivity contribution in [1.82, 2.24) is 0 Å². The van der Waals surface area contributed by atoms with Crippen LogP contribution in [-0.4, -0.2) is 36.0 Å². The lowest BCUT2D eigenvalue weighted by Gasteiger charge is -2.29. The summed E-state index contributed by atoms with van der Waals surface area (Å²) < 4.78 is 5.40. The molecule has 0 heterocycles. The molecule has 0 fully saturated rings. The number of ether oxygens (including phenoxy) is 1. The highest BCUT2D eigenvalue weighted by Crippen LogP contribution is 2.19. The van der Waals surface area contributed by atoms with Crippen LogP contribution in [0.5, 0.6) is 0 Å². The molecule has 0 saturated carbocycles. The highest BCUT2D eigenvalue weighted by atomic mass is 32.2. The van der Waals surface area contributed by atoms with Crippen LogP contribution in [0.2, 0.25) is 0 Å². The summed E-state index contributed by atoms with van der Waals surface area (Å²) in [6.07, 6.45) is 2.55. The van der Waals surface area contributed by atoms with E-state index in [1.54, 1.807) is 24.3 Å². The summed E-state index contributed by atoms with van der Waals surface area (Å²) in [5.41, 5.74) is 0.0795. The maximum absolute atomic E-state index is 12.3. The predicted octanol–water partition coefficient (Wildman–Crippen LogP) is 2.52. The van der Waals surface area contributed by atoms with E-state index in [9.17, 15) is 9.59 Å². The van der Waals surface area contributed by atoms with Crippen molar-refractivity contribution in [3.05, 3.63) is 30.3 Å². The van der Waals surface area contributed by atoms with Crippen LogP contribution >= 0.6 is 11.8 Å². The molecule has 4 nitrogen and oxygen atoms in total. The molecule has 0 aliphatic heterocycles. The van der Waals surface area contributed by atoms with E-state index in [0.717, 1.165) is 0 Å². The molecule has 1 atom stereocenters. The van der Waals surface area contributed by atoms with E-state index in [2.05, 4.69) is 6.07 Å². The summed E-state index contributed by atoms with van der Waals surface area (Å²) in [6, 6.07) is 9.15. The quantitative estimate of drug-likeness (QED) is 0.597. The molecular formula is C15H20NO3S. The standard InChI is InChI=1S/C15H20NO3S/c1-15(2,3)19-14(18)13(10-20-4)16(11-17)12-8-6-5-7-9-12/h6-9,11,13H,10H2,1-4H3. The van der Waals surface area contributed by atoms with E-state index in [1.807, 2.05) is 27.0 Å². The Morgan fingerprint density at radius 3 is 2.50 bits per heavy atom. The molecule has 0 bridgehead atoms. The molecule has 0 aromatic heterocycles. The minimum atomic E-state index is -0.635. The van der Waals surface area contributed by atoms with Gasteiger partial charge in [0.1, 0.15) is 11.6 Å². The van der Waals surface area contributed by atoms with Gasteiger partial charge in [-0.25, -0.2) is 4.79 Å². The highest BCUT2D eigenvalue weighted by molar-refractivity contribution is 7.98. The van der Waals surface area contributed by atoms with Gasteiger partial charge in [0.05, 0.1) is 0 Å². The fraction of sp³-hybridized carbons (Fsp3) is 0.467. The van der Waals surface area contributed by atoms with Crippen molar-refractivity contribution in [2.24, 2.45) is 0 Å². The topological polar surface area (TPSA) is 46.6 Å². The largest absolute Gasteiger partial charge is 0.458 e. The Morgan fingerprint density at radius 2 is 2.05 bits per heavy atom. The molecule has 0 saturated heterocycles. The predicted molar refractivity (Wildman–Crippen MR) is 81.8 cm³/mol. The first-order valence-corrected chi connectivity index (χ1v) is 7.70. The Hall–Kier alpha value is -1.49. The second-order valence-electron chi connectivity index (χ2n) is 5.28. The van der Waals surface area contributed by atoms with E-state index >= 15 is 0 Å². The van der Waals surface area contributed by atoms with Crippen molar-refractivity contribution >= 4 is 29.8 Å². The molecule has 0 spiro atoms. The number of nitrogens with zero attached hydrogens (tertiary/aromatic N) is 1. The number of esters is 1. The summed E-state index contributed by atoms with van der Waals surface area (Å²) in [7, 11) is 0. The minimum absolute atomic E-state index is 0.396. The Labute approximate surface area is 124 Å². The summed E-state index contributed by atoms with van der Waals surface area (Å²) in [5, 5.41) is 0. The van der Waals surface area contributed by atoms with Crippen LogP contribution in [0.3, 0.4) is 0 Å². The van der Waals surface area contributed by atoms with Crippen molar-refractivity contribution in [2.45, 2.75) is 32.4 Å². The second kappa shape index (κ2) is 7.33. The molecule has 1 amide bonds. The van der Waals surface area contributed by atoms with Crippen LogP contribution in [0.1, 0.15) is 20.8 Å². The lowest BCUT2D eigenvalue weighted by atomic mass is 10.2. The number of carbonyl (C=O) groups excluding carboxylic acids is 2. The van der Waals surface area contributed by atoms with Crippen molar-refractivity contribution < 1.29 is 14.3 Å². The molecule has 1 aromatic carbocycles. The molecule has 5 heteroatoms. The molecule has 0 aliphatic carbocycles. The molecule has 0 aliphatic rings. The van der Waals surface area contributed by atoms with E-state index in [0.29, 0.717) is 17.9 Å². The molecular weight excluding hydrogens is 274 g/mol. The second-order valence-corrected chi connectivity index (χ2v) is 6.19. The fourth-order valence-corrected chi connectivity index (χ4v) is 2.27. The molecule has 0 N–H and O–H groups in total. The average molecular weight is 294 g/mol. The van der Waals surface area contributed by atoms with E-state index in [4.69, 9.17) is 4.74 Å². The smallest absolute Gasteiger partial charge is 0.330 e.